The van der Waals surface area contributed by atoms with Crippen molar-refractivity contribution in [2.75, 3.05) is 40.5 Å². The van der Waals surface area contributed by atoms with Crippen LogP contribution >= 0.6 is 0 Å². The molecule has 1 unspecified atom stereocenters. The van der Waals surface area contributed by atoms with E-state index in [1.807, 2.05) is 0 Å². The second-order valence-electron chi connectivity index (χ2n) is 5.69. The Morgan fingerprint density at radius 2 is 1.95 bits per heavy atom. The van der Waals surface area contributed by atoms with Crippen molar-refractivity contribution in [3.05, 3.63) is 0 Å². The number of rotatable bonds is 7. The van der Waals surface area contributed by atoms with Gasteiger partial charge >= 0.3 is 0 Å². The van der Waals surface area contributed by atoms with Crippen LogP contribution in [0.4, 0.5) is 0 Å². The van der Waals surface area contributed by atoms with Crippen LogP contribution in [0.3, 0.4) is 0 Å². The summed E-state index contributed by atoms with van der Waals surface area (Å²) in [7, 11) is 3.34. The van der Waals surface area contributed by atoms with Gasteiger partial charge in [-0.3, -0.25) is 4.79 Å². The largest absolute Gasteiger partial charge is 0.384 e. The van der Waals surface area contributed by atoms with Gasteiger partial charge in [-0.15, -0.1) is 0 Å². The minimum atomic E-state index is -0.380. The SMILES string of the molecule is COCC1(C(=O)NCC(OC)C(C)C)CCNCC1. The fraction of sp³-hybridized carbons (Fsp3) is 0.929. The van der Waals surface area contributed by atoms with Gasteiger partial charge in [0.15, 0.2) is 0 Å². The van der Waals surface area contributed by atoms with E-state index in [0.717, 1.165) is 25.9 Å². The maximum atomic E-state index is 12.5. The van der Waals surface area contributed by atoms with Crippen LogP contribution in [0.1, 0.15) is 26.7 Å². The molecule has 112 valence electrons. The van der Waals surface area contributed by atoms with E-state index in [0.29, 0.717) is 19.1 Å². The number of methoxy groups -OCH3 is 2. The van der Waals surface area contributed by atoms with E-state index >= 15 is 0 Å². The number of hydrogen-bond donors (Lipinski definition) is 2. The van der Waals surface area contributed by atoms with Crippen molar-refractivity contribution in [2.45, 2.75) is 32.8 Å². The lowest BCUT2D eigenvalue weighted by atomic mass is 9.78. The van der Waals surface area contributed by atoms with E-state index in [9.17, 15) is 4.79 Å². The zero-order chi connectivity index (χ0) is 14.3. The van der Waals surface area contributed by atoms with Gasteiger partial charge in [0.25, 0.3) is 0 Å². The van der Waals surface area contributed by atoms with Crippen LogP contribution in [0, 0.1) is 11.3 Å². The van der Waals surface area contributed by atoms with Gasteiger partial charge in [-0.2, -0.15) is 0 Å². The van der Waals surface area contributed by atoms with Crippen molar-refractivity contribution < 1.29 is 14.3 Å². The molecule has 1 saturated heterocycles. The Morgan fingerprint density at radius 1 is 1.32 bits per heavy atom. The fourth-order valence-electron chi connectivity index (χ4n) is 2.59. The molecular formula is C14H28N2O3. The summed E-state index contributed by atoms with van der Waals surface area (Å²) in [6.45, 7) is 6.97. The van der Waals surface area contributed by atoms with Crippen molar-refractivity contribution in [1.29, 1.82) is 0 Å². The molecule has 0 saturated carbocycles. The Hall–Kier alpha value is -0.650. The summed E-state index contributed by atoms with van der Waals surface area (Å²) < 4.78 is 10.7. The summed E-state index contributed by atoms with van der Waals surface area (Å²) in [4.78, 5) is 12.5. The van der Waals surface area contributed by atoms with Crippen LogP contribution in [-0.2, 0) is 14.3 Å². The van der Waals surface area contributed by atoms with Crippen LogP contribution in [-0.4, -0.2) is 52.5 Å². The Bertz CT molecular complexity index is 270. The van der Waals surface area contributed by atoms with E-state index in [4.69, 9.17) is 9.47 Å². The normalized spacial score (nSPS) is 20.3. The van der Waals surface area contributed by atoms with E-state index < -0.39 is 0 Å². The third kappa shape index (κ3) is 4.44. The minimum absolute atomic E-state index is 0.0604. The molecule has 0 radical (unpaired) electrons. The fourth-order valence-corrected chi connectivity index (χ4v) is 2.59. The Kier molecular flexibility index (Phi) is 6.75. The second-order valence-corrected chi connectivity index (χ2v) is 5.69. The number of ether oxygens (including phenoxy) is 2. The van der Waals surface area contributed by atoms with Crippen molar-refractivity contribution >= 4 is 5.91 Å². The number of piperidine rings is 1. The van der Waals surface area contributed by atoms with Crippen LogP contribution in [0.15, 0.2) is 0 Å². The van der Waals surface area contributed by atoms with Crippen molar-refractivity contribution in [3.63, 3.8) is 0 Å². The Labute approximate surface area is 116 Å². The summed E-state index contributed by atoms with van der Waals surface area (Å²) in [5, 5.41) is 6.33. The topological polar surface area (TPSA) is 59.6 Å². The molecule has 0 spiro atoms. The van der Waals surface area contributed by atoms with Crippen molar-refractivity contribution in [2.24, 2.45) is 11.3 Å². The summed E-state index contributed by atoms with van der Waals surface area (Å²) >= 11 is 0. The number of nitrogens with one attached hydrogen (secondary N) is 2. The standard InChI is InChI=1S/C14H28N2O3/c1-11(2)12(19-4)9-16-13(17)14(10-18-3)5-7-15-8-6-14/h11-12,15H,5-10H2,1-4H3,(H,16,17). The highest BCUT2D eigenvalue weighted by atomic mass is 16.5. The Balaban J connectivity index is 2.57. The maximum absolute atomic E-state index is 12.5. The van der Waals surface area contributed by atoms with Gasteiger partial charge in [0.1, 0.15) is 0 Å². The molecule has 1 aliphatic heterocycles. The lowest BCUT2D eigenvalue weighted by molar-refractivity contribution is -0.136. The summed E-state index contributed by atoms with van der Waals surface area (Å²) in [5.74, 6) is 0.482. The molecule has 1 rings (SSSR count). The molecule has 0 aromatic heterocycles. The number of carbonyl (C=O) groups excluding carboxylic acids is 1. The zero-order valence-corrected chi connectivity index (χ0v) is 12.6. The molecule has 19 heavy (non-hydrogen) atoms. The van der Waals surface area contributed by atoms with Crippen molar-refractivity contribution in [3.8, 4) is 0 Å². The van der Waals surface area contributed by atoms with Crippen LogP contribution in [0.5, 0.6) is 0 Å². The van der Waals surface area contributed by atoms with Crippen molar-refractivity contribution in [1.82, 2.24) is 10.6 Å². The second kappa shape index (κ2) is 7.82. The van der Waals surface area contributed by atoms with E-state index in [1.54, 1.807) is 14.2 Å². The maximum Gasteiger partial charge on any atom is 0.228 e. The molecule has 0 bridgehead atoms. The molecule has 0 aliphatic carbocycles. The van der Waals surface area contributed by atoms with Gasteiger partial charge in [0, 0.05) is 20.8 Å². The molecule has 5 nitrogen and oxygen atoms in total. The minimum Gasteiger partial charge on any atom is -0.384 e. The Morgan fingerprint density at radius 3 is 2.42 bits per heavy atom. The number of amides is 1. The van der Waals surface area contributed by atoms with Gasteiger partial charge in [-0.1, -0.05) is 13.8 Å². The molecule has 1 aliphatic rings. The number of carbonyl (C=O) groups is 1. The molecule has 0 aromatic carbocycles. The van der Waals surface area contributed by atoms with Crippen LogP contribution in [0.2, 0.25) is 0 Å². The van der Waals surface area contributed by atoms with Gasteiger partial charge < -0.3 is 20.1 Å². The number of hydrogen-bond acceptors (Lipinski definition) is 4. The third-order valence-electron chi connectivity index (χ3n) is 3.97. The summed E-state index contributed by atoms with van der Waals surface area (Å²) in [6.07, 6.45) is 1.71. The highest BCUT2D eigenvalue weighted by Crippen LogP contribution is 2.29. The quantitative estimate of drug-likeness (QED) is 0.719. The van der Waals surface area contributed by atoms with Gasteiger partial charge in [-0.25, -0.2) is 0 Å². The van der Waals surface area contributed by atoms with Gasteiger partial charge in [-0.05, 0) is 31.8 Å². The van der Waals surface area contributed by atoms with E-state index in [-0.39, 0.29) is 17.4 Å². The molecule has 5 heteroatoms. The zero-order valence-electron chi connectivity index (χ0n) is 12.6. The molecule has 1 fully saturated rings. The molecule has 2 N–H and O–H groups in total. The first-order chi connectivity index (χ1) is 9.05. The van der Waals surface area contributed by atoms with Gasteiger partial charge in [0.05, 0.1) is 18.1 Å². The molecule has 1 atom stereocenters. The van der Waals surface area contributed by atoms with Gasteiger partial charge in [0.2, 0.25) is 5.91 Å². The van der Waals surface area contributed by atoms with Crippen LogP contribution < -0.4 is 10.6 Å². The average Bonchev–Trinajstić information content (AvgIpc) is 2.40. The summed E-state index contributed by atoms with van der Waals surface area (Å²) in [6, 6.07) is 0. The lowest BCUT2D eigenvalue weighted by Crippen LogP contribution is -2.51. The highest BCUT2D eigenvalue weighted by molar-refractivity contribution is 5.83. The first-order valence-corrected chi connectivity index (χ1v) is 7.06. The third-order valence-corrected chi connectivity index (χ3v) is 3.97. The molecule has 1 amide bonds. The molecular weight excluding hydrogens is 244 g/mol. The molecule has 1 heterocycles. The monoisotopic (exact) mass is 272 g/mol. The predicted octanol–water partition coefficient (Wildman–Crippen LogP) is 0.790. The first kappa shape index (κ1) is 16.4. The predicted molar refractivity (Wildman–Crippen MR) is 75.1 cm³/mol. The van der Waals surface area contributed by atoms with Crippen LogP contribution in [0.25, 0.3) is 0 Å². The van der Waals surface area contributed by atoms with E-state index in [2.05, 4.69) is 24.5 Å². The molecule has 0 aromatic rings. The highest BCUT2D eigenvalue weighted by Gasteiger charge is 2.39. The summed E-state index contributed by atoms with van der Waals surface area (Å²) in [5.41, 5.74) is -0.380. The lowest BCUT2D eigenvalue weighted by Gasteiger charge is -2.36. The first-order valence-electron chi connectivity index (χ1n) is 7.06. The smallest absolute Gasteiger partial charge is 0.228 e. The average molecular weight is 272 g/mol. The van der Waals surface area contributed by atoms with E-state index in [1.165, 1.54) is 0 Å².